The van der Waals surface area contributed by atoms with Crippen LogP contribution in [0.3, 0.4) is 0 Å². The summed E-state index contributed by atoms with van der Waals surface area (Å²) in [5.74, 6) is -0.305. The average molecular weight is 214 g/mol. The van der Waals surface area contributed by atoms with Gasteiger partial charge in [-0.1, -0.05) is 12.1 Å². The third-order valence-corrected chi connectivity index (χ3v) is 2.42. The fraction of sp³-hybridized carbons (Fsp3) is 0.125. The predicted molar refractivity (Wildman–Crippen MR) is 50.2 cm³/mol. The molecule has 0 radical (unpaired) electrons. The Balaban J connectivity index is 3.02. The first-order valence-corrected chi connectivity index (χ1v) is 5.39. The fourth-order valence-corrected chi connectivity index (χ4v) is 1.54. The zero-order valence-electron chi connectivity index (χ0n) is 7.43. The third kappa shape index (κ3) is 2.96. The summed E-state index contributed by atoms with van der Waals surface area (Å²) < 4.78 is 10.7. The summed E-state index contributed by atoms with van der Waals surface area (Å²) >= 11 is 0. The number of anilines is 1. The SMILES string of the molecule is CC(=O)Nc1cccc(P(=O)([O-])O)c1. The van der Waals surface area contributed by atoms with Crippen LogP contribution in [0, 0.1) is 0 Å². The van der Waals surface area contributed by atoms with Crippen molar-refractivity contribution in [3.05, 3.63) is 24.3 Å². The zero-order chi connectivity index (χ0) is 10.8. The van der Waals surface area contributed by atoms with Crippen LogP contribution in [0.4, 0.5) is 5.69 Å². The Morgan fingerprint density at radius 3 is 2.71 bits per heavy atom. The molecule has 14 heavy (non-hydrogen) atoms. The van der Waals surface area contributed by atoms with Gasteiger partial charge >= 0.3 is 0 Å². The minimum atomic E-state index is -4.49. The molecule has 1 unspecified atom stereocenters. The highest BCUT2D eigenvalue weighted by Crippen LogP contribution is 2.28. The summed E-state index contributed by atoms with van der Waals surface area (Å²) in [5.41, 5.74) is 0.333. The molecule has 0 aliphatic carbocycles. The molecular formula is C8H9NO4P-. The van der Waals surface area contributed by atoms with Gasteiger partial charge in [-0.05, 0) is 12.1 Å². The van der Waals surface area contributed by atoms with Gasteiger partial charge in [-0.15, -0.1) is 0 Å². The van der Waals surface area contributed by atoms with Crippen LogP contribution in [-0.2, 0) is 9.36 Å². The van der Waals surface area contributed by atoms with Crippen molar-refractivity contribution in [2.45, 2.75) is 6.92 Å². The lowest BCUT2D eigenvalue weighted by molar-refractivity contribution is -0.188. The van der Waals surface area contributed by atoms with Crippen LogP contribution in [0.1, 0.15) is 6.92 Å². The van der Waals surface area contributed by atoms with E-state index in [1.54, 1.807) is 0 Å². The molecule has 1 amide bonds. The summed E-state index contributed by atoms with van der Waals surface area (Å²) in [4.78, 5) is 30.1. The second kappa shape index (κ2) is 3.92. The quantitative estimate of drug-likeness (QED) is 0.668. The van der Waals surface area contributed by atoms with Gasteiger partial charge < -0.3 is 19.7 Å². The van der Waals surface area contributed by atoms with Crippen LogP contribution in [-0.4, -0.2) is 10.8 Å². The molecule has 1 atom stereocenters. The predicted octanol–water partition coefficient (Wildman–Crippen LogP) is -0.184. The molecule has 0 spiro atoms. The van der Waals surface area contributed by atoms with E-state index in [-0.39, 0.29) is 11.2 Å². The maximum atomic E-state index is 10.7. The molecule has 0 saturated carbocycles. The Hall–Kier alpha value is -1.16. The summed E-state index contributed by atoms with van der Waals surface area (Å²) in [6, 6.07) is 5.40. The third-order valence-electron chi connectivity index (χ3n) is 1.49. The van der Waals surface area contributed by atoms with Gasteiger partial charge in [0.05, 0.1) is 0 Å². The van der Waals surface area contributed by atoms with Gasteiger partial charge in [-0.25, -0.2) is 0 Å². The molecule has 1 aromatic carbocycles. The van der Waals surface area contributed by atoms with Gasteiger partial charge in [-0.3, -0.25) is 4.79 Å². The lowest BCUT2D eigenvalue weighted by atomic mass is 10.3. The molecule has 0 saturated heterocycles. The molecule has 6 heteroatoms. The first-order chi connectivity index (χ1) is 6.39. The van der Waals surface area contributed by atoms with Gasteiger partial charge in [0.25, 0.3) is 0 Å². The second-order valence-corrected chi connectivity index (χ2v) is 4.31. The number of benzene rings is 1. The number of hydrogen-bond acceptors (Lipinski definition) is 3. The Bertz CT molecular complexity index is 398. The average Bonchev–Trinajstić information content (AvgIpc) is 2.01. The van der Waals surface area contributed by atoms with Crippen LogP contribution in [0.5, 0.6) is 0 Å². The monoisotopic (exact) mass is 214 g/mol. The van der Waals surface area contributed by atoms with Crippen LogP contribution in [0.25, 0.3) is 0 Å². The van der Waals surface area contributed by atoms with E-state index < -0.39 is 7.60 Å². The van der Waals surface area contributed by atoms with Gasteiger partial charge in [-0.2, -0.15) is 0 Å². The molecule has 0 fully saturated rings. The number of carbonyl (C=O) groups excluding carboxylic acids is 1. The standard InChI is InChI=1S/C8H10NO4P/c1-6(10)9-7-3-2-4-8(5-7)14(11,12)13/h2-5H,1H3,(H,9,10)(H2,11,12,13)/p-1. The molecule has 0 heterocycles. The Morgan fingerprint density at radius 1 is 1.57 bits per heavy atom. The molecule has 5 nitrogen and oxygen atoms in total. The number of carbonyl (C=O) groups is 1. The normalized spacial score (nSPS) is 14.5. The molecule has 1 aromatic rings. The van der Waals surface area contributed by atoms with E-state index in [0.717, 1.165) is 0 Å². The summed E-state index contributed by atoms with van der Waals surface area (Å²) in [7, 11) is -4.49. The fourth-order valence-electron chi connectivity index (χ4n) is 0.963. The van der Waals surface area contributed by atoms with Gasteiger partial charge in [0.2, 0.25) is 5.91 Å². The highest BCUT2D eigenvalue weighted by atomic mass is 31.2. The van der Waals surface area contributed by atoms with Crippen molar-refractivity contribution in [2.75, 3.05) is 5.32 Å². The first-order valence-electron chi connectivity index (χ1n) is 3.81. The van der Waals surface area contributed by atoms with Crippen molar-refractivity contribution >= 4 is 24.5 Å². The molecular weight excluding hydrogens is 205 g/mol. The van der Waals surface area contributed by atoms with Gasteiger partial charge in [0, 0.05) is 17.9 Å². The van der Waals surface area contributed by atoms with E-state index in [4.69, 9.17) is 4.89 Å². The van der Waals surface area contributed by atoms with Gasteiger partial charge in [0.1, 0.15) is 0 Å². The first kappa shape index (κ1) is 10.9. The number of amides is 1. The Morgan fingerprint density at radius 2 is 2.21 bits per heavy atom. The Labute approximate surface area is 80.9 Å². The van der Waals surface area contributed by atoms with Crippen LogP contribution >= 0.6 is 7.60 Å². The summed E-state index contributed by atoms with van der Waals surface area (Å²) in [5, 5.41) is 2.19. The Kier molecular flexibility index (Phi) is 3.06. The van der Waals surface area contributed by atoms with Crippen LogP contribution in [0.2, 0.25) is 0 Å². The van der Waals surface area contributed by atoms with Crippen LogP contribution in [0.15, 0.2) is 24.3 Å². The number of rotatable bonds is 2. The lowest BCUT2D eigenvalue weighted by Crippen LogP contribution is -2.15. The highest BCUT2D eigenvalue weighted by molar-refractivity contribution is 7.58. The van der Waals surface area contributed by atoms with Crippen molar-refractivity contribution in [1.29, 1.82) is 0 Å². The smallest absolute Gasteiger partial charge is 0.221 e. The minimum absolute atomic E-state index is 0.219. The molecule has 0 bridgehead atoms. The van der Waals surface area contributed by atoms with E-state index >= 15 is 0 Å². The molecule has 76 valence electrons. The molecule has 0 aliphatic rings. The van der Waals surface area contributed by atoms with Crippen molar-refractivity contribution in [3.63, 3.8) is 0 Å². The van der Waals surface area contributed by atoms with Crippen LogP contribution < -0.4 is 15.5 Å². The van der Waals surface area contributed by atoms with Gasteiger partial charge in [0.15, 0.2) is 7.60 Å². The zero-order valence-corrected chi connectivity index (χ0v) is 8.32. The van der Waals surface area contributed by atoms with E-state index in [1.165, 1.54) is 31.2 Å². The van der Waals surface area contributed by atoms with Crippen molar-refractivity contribution < 1.29 is 19.1 Å². The largest absolute Gasteiger partial charge is 0.775 e. The molecule has 0 aliphatic heterocycles. The summed E-state index contributed by atoms with van der Waals surface area (Å²) in [6.07, 6.45) is 0. The number of nitrogens with one attached hydrogen (secondary N) is 1. The lowest BCUT2D eigenvalue weighted by Gasteiger charge is -2.16. The number of hydrogen-bond donors (Lipinski definition) is 2. The minimum Gasteiger partial charge on any atom is -0.775 e. The van der Waals surface area contributed by atoms with E-state index in [9.17, 15) is 14.3 Å². The molecule has 2 N–H and O–H groups in total. The molecule has 1 rings (SSSR count). The molecule has 0 aromatic heterocycles. The topological polar surface area (TPSA) is 89.5 Å². The van der Waals surface area contributed by atoms with E-state index in [2.05, 4.69) is 5.32 Å². The van der Waals surface area contributed by atoms with E-state index in [0.29, 0.717) is 5.69 Å². The van der Waals surface area contributed by atoms with E-state index in [1.807, 2.05) is 0 Å². The van der Waals surface area contributed by atoms with Crippen molar-refractivity contribution in [1.82, 2.24) is 0 Å². The van der Waals surface area contributed by atoms with Crippen molar-refractivity contribution in [3.8, 4) is 0 Å². The van der Waals surface area contributed by atoms with Crippen molar-refractivity contribution in [2.24, 2.45) is 0 Å². The second-order valence-electron chi connectivity index (χ2n) is 2.75. The maximum Gasteiger partial charge on any atom is 0.221 e. The highest BCUT2D eigenvalue weighted by Gasteiger charge is 2.06. The maximum absolute atomic E-state index is 10.7. The summed E-state index contributed by atoms with van der Waals surface area (Å²) in [6.45, 7) is 1.31.